The maximum atomic E-state index is 5.74. The summed E-state index contributed by atoms with van der Waals surface area (Å²) in [6.45, 7) is 10.2. The molecular weight excluding hydrogens is 266 g/mol. The van der Waals surface area contributed by atoms with Gasteiger partial charge in [0.15, 0.2) is 0 Å². The van der Waals surface area contributed by atoms with Gasteiger partial charge in [0.2, 0.25) is 0 Å². The van der Waals surface area contributed by atoms with E-state index in [2.05, 4.69) is 59.9 Å². The van der Waals surface area contributed by atoms with Gasteiger partial charge in [-0.1, -0.05) is 47.6 Å². The molecule has 3 heteroatoms. The molecule has 0 aliphatic carbocycles. The van der Waals surface area contributed by atoms with Crippen LogP contribution in [0.25, 0.3) is 0 Å². The Labute approximate surface area is 106 Å². The first kappa shape index (κ1) is 13.3. The fraction of sp³-hybridized carbons (Fsp3) is 0.385. The number of para-hydroxylation sites is 1. The molecule has 16 heavy (non-hydrogen) atoms. The summed E-state index contributed by atoms with van der Waals surface area (Å²) in [5.41, 5.74) is 2.35. The van der Waals surface area contributed by atoms with E-state index >= 15 is 0 Å². The molecule has 1 aromatic rings. The molecule has 2 nitrogen and oxygen atoms in total. The molecule has 0 aliphatic heterocycles. The zero-order chi connectivity index (χ0) is 12.0. The average molecular weight is 284 g/mol. The van der Waals surface area contributed by atoms with Gasteiger partial charge in [0.25, 0.3) is 0 Å². The fourth-order valence-electron chi connectivity index (χ4n) is 1.47. The summed E-state index contributed by atoms with van der Waals surface area (Å²) in [5, 5.41) is 3.31. The maximum Gasteiger partial charge on any atom is 0.127 e. The molecule has 0 bridgehead atoms. The summed E-state index contributed by atoms with van der Waals surface area (Å²) >= 11 is 3.30. The van der Waals surface area contributed by atoms with Crippen LogP contribution in [0.2, 0.25) is 0 Å². The molecule has 0 saturated heterocycles. The number of ether oxygens (including phenoxy) is 1. The first-order valence-corrected chi connectivity index (χ1v) is 6.19. The standard InChI is InChI=1S/C13H18BrNO/c1-4-15-8-12-7-5-6-10(2)13(12)16-9-11(3)14/h5-7,15H,3-4,8-9H2,1-2H3. The number of hydrogen-bond acceptors (Lipinski definition) is 2. The molecule has 0 aromatic heterocycles. The van der Waals surface area contributed by atoms with Gasteiger partial charge >= 0.3 is 0 Å². The maximum absolute atomic E-state index is 5.74. The lowest BCUT2D eigenvalue weighted by Gasteiger charge is -2.14. The molecular formula is C13H18BrNO. The Morgan fingerprint density at radius 3 is 2.88 bits per heavy atom. The Kier molecular flexibility index (Phi) is 5.56. The molecule has 0 atom stereocenters. The zero-order valence-corrected chi connectivity index (χ0v) is 11.4. The van der Waals surface area contributed by atoms with E-state index in [1.165, 1.54) is 5.56 Å². The molecule has 88 valence electrons. The van der Waals surface area contributed by atoms with E-state index in [1.807, 2.05) is 0 Å². The lowest BCUT2D eigenvalue weighted by atomic mass is 10.1. The van der Waals surface area contributed by atoms with Crippen molar-refractivity contribution in [2.45, 2.75) is 20.4 Å². The van der Waals surface area contributed by atoms with E-state index in [9.17, 15) is 0 Å². The lowest BCUT2D eigenvalue weighted by Crippen LogP contribution is -2.13. The summed E-state index contributed by atoms with van der Waals surface area (Å²) in [7, 11) is 0. The Morgan fingerprint density at radius 2 is 2.25 bits per heavy atom. The van der Waals surface area contributed by atoms with Gasteiger partial charge in [-0.25, -0.2) is 0 Å². The van der Waals surface area contributed by atoms with Crippen LogP contribution in [0.5, 0.6) is 5.75 Å². The number of benzene rings is 1. The Hall–Kier alpha value is -0.800. The van der Waals surface area contributed by atoms with Crippen LogP contribution in [-0.2, 0) is 6.54 Å². The number of hydrogen-bond donors (Lipinski definition) is 1. The van der Waals surface area contributed by atoms with Crippen LogP contribution in [0.4, 0.5) is 0 Å². The van der Waals surface area contributed by atoms with Gasteiger partial charge in [-0.3, -0.25) is 0 Å². The minimum Gasteiger partial charge on any atom is -0.488 e. The van der Waals surface area contributed by atoms with Crippen molar-refractivity contribution in [3.8, 4) is 5.75 Å². The number of halogens is 1. The van der Waals surface area contributed by atoms with E-state index in [0.29, 0.717) is 6.61 Å². The van der Waals surface area contributed by atoms with E-state index in [4.69, 9.17) is 4.74 Å². The Bertz CT molecular complexity index is 363. The third-order valence-electron chi connectivity index (χ3n) is 2.23. The topological polar surface area (TPSA) is 21.3 Å². The quantitative estimate of drug-likeness (QED) is 0.864. The first-order chi connectivity index (χ1) is 7.65. The van der Waals surface area contributed by atoms with Gasteiger partial charge in [-0.2, -0.15) is 0 Å². The van der Waals surface area contributed by atoms with Crippen molar-refractivity contribution in [3.05, 3.63) is 40.4 Å². The van der Waals surface area contributed by atoms with Crippen LogP contribution >= 0.6 is 15.9 Å². The second kappa shape index (κ2) is 6.71. The Morgan fingerprint density at radius 1 is 1.50 bits per heavy atom. The predicted octanol–water partition coefficient (Wildman–Crippen LogP) is 3.39. The second-order valence-corrected chi connectivity index (χ2v) is 4.77. The SMILES string of the molecule is C=C(Br)COc1c(C)cccc1CNCC. The molecule has 0 heterocycles. The summed E-state index contributed by atoms with van der Waals surface area (Å²) in [4.78, 5) is 0. The van der Waals surface area contributed by atoms with Gasteiger partial charge < -0.3 is 10.1 Å². The van der Waals surface area contributed by atoms with Gasteiger partial charge in [0.1, 0.15) is 12.4 Å². The van der Waals surface area contributed by atoms with Crippen molar-refractivity contribution < 1.29 is 4.74 Å². The third-order valence-corrected chi connectivity index (χ3v) is 2.46. The van der Waals surface area contributed by atoms with E-state index in [-0.39, 0.29) is 0 Å². The number of rotatable bonds is 6. The lowest BCUT2D eigenvalue weighted by molar-refractivity contribution is 0.353. The van der Waals surface area contributed by atoms with E-state index < -0.39 is 0 Å². The first-order valence-electron chi connectivity index (χ1n) is 5.40. The normalized spacial score (nSPS) is 10.2. The van der Waals surface area contributed by atoms with Crippen LogP contribution in [0.15, 0.2) is 29.3 Å². The molecule has 0 radical (unpaired) electrons. The van der Waals surface area contributed by atoms with Crippen LogP contribution in [0, 0.1) is 6.92 Å². The van der Waals surface area contributed by atoms with Crippen LogP contribution < -0.4 is 10.1 Å². The van der Waals surface area contributed by atoms with Crippen molar-refractivity contribution in [2.24, 2.45) is 0 Å². The van der Waals surface area contributed by atoms with Gasteiger partial charge in [-0.05, 0) is 19.0 Å². The smallest absolute Gasteiger partial charge is 0.127 e. The highest BCUT2D eigenvalue weighted by molar-refractivity contribution is 9.11. The molecule has 1 N–H and O–H groups in total. The molecule has 0 aliphatic rings. The fourth-order valence-corrected chi connectivity index (χ4v) is 1.58. The van der Waals surface area contributed by atoms with Crippen LogP contribution in [0.3, 0.4) is 0 Å². The molecule has 0 saturated carbocycles. The zero-order valence-electron chi connectivity index (χ0n) is 9.85. The minimum absolute atomic E-state index is 0.504. The Balaban J connectivity index is 2.80. The highest BCUT2D eigenvalue weighted by atomic mass is 79.9. The summed E-state index contributed by atoms with van der Waals surface area (Å²) in [6.07, 6.45) is 0. The molecule has 0 fully saturated rings. The summed E-state index contributed by atoms with van der Waals surface area (Å²) in [6, 6.07) is 6.20. The number of nitrogens with one attached hydrogen (secondary N) is 1. The van der Waals surface area contributed by atoms with Crippen LogP contribution in [0.1, 0.15) is 18.1 Å². The van der Waals surface area contributed by atoms with Crippen LogP contribution in [-0.4, -0.2) is 13.2 Å². The van der Waals surface area contributed by atoms with Crippen molar-refractivity contribution in [2.75, 3.05) is 13.2 Å². The predicted molar refractivity (Wildman–Crippen MR) is 72.1 cm³/mol. The summed E-state index contributed by atoms with van der Waals surface area (Å²) in [5.74, 6) is 0.962. The summed E-state index contributed by atoms with van der Waals surface area (Å²) < 4.78 is 6.59. The van der Waals surface area contributed by atoms with E-state index in [1.54, 1.807) is 0 Å². The second-order valence-electron chi connectivity index (χ2n) is 3.65. The van der Waals surface area contributed by atoms with Crippen molar-refractivity contribution in [1.29, 1.82) is 0 Å². The molecule has 1 rings (SSSR count). The third kappa shape index (κ3) is 3.99. The molecule has 0 spiro atoms. The number of aryl methyl sites for hydroxylation is 1. The molecule has 0 amide bonds. The molecule has 1 aromatic carbocycles. The van der Waals surface area contributed by atoms with Gasteiger partial charge in [0, 0.05) is 16.6 Å². The minimum atomic E-state index is 0.504. The van der Waals surface area contributed by atoms with Crippen molar-refractivity contribution in [1.82, 2.24) is 5.32 Å². The van der Waals surface area contributed by atoms with Crippen molar-refractivity contribution in [3.63, 3.8) is 0 Å². The highest BCUT2D eigenvalue weighted by Crippen LogP contribution is 2.24. The van der Waals surface area contributed by atoms with Crippen molar-refractivity contribution >= 4 is 15.9 Å². The average Bonchev–Trinajstić information content (AvgIpc) is 2.24. The van der Waals surface area contributed by atoms with Gasteiger partial charge in [-0.15, -0.1) is 0 Å². The van der Waals surface area contributed by atoms with E-state index in [0.717, 1.165) is 28.9 Å². The highest BCUT2D eigenvalue weighted by Gasteiger charge is 2.06. The largest absolute Gasteiger partial charge is 0.488 e. The monoisotopic (exact) mass is 283 g/mol. The van der Waals surface area contributed by atoms with Gasteiger partial charge in [0.05, 0.1) is 0 Å². The molecule has 0 unspecified atom stereocenters.